The highest BCUT2D eigenvalue weighted by atomic mass is 16.6. The minimum absolute atomic E-state index is 0.0880. The Morgan fingerprint density at radius 3 is 2.64 bits per heavy atom. The molecule has 0 atom stereocenters. The molecule has 0 heterocycles. The molecule has 1 aliphatic rings. The summed E-state index contributed by atoms with van der Waals surface area (Å²) in [6, 6.07) is 14.2. The summed E-state index contributed by atoms with van der Waals surface area (Å²) in [7, 11) is 0. The summed E-state index contributed by atoms with van der Waals surface area (Å²) in [5.74, 6) is 5.41. The van der Waals surface area contributed by atoms with Gasteiger partial charge in [-0.15, -0.1) is 0 Å². The average Bonchev–Trinajstić information content (AvgIpc) is 3.43. The second kappa shape index (κ2) is 7.49. The zero-order chi connectivity index (χ0) is 17.6. The largest absolute Gasteiger partial charge is 0.377 e. The summed E-state index contributed by atoms with van der Waals surface area (Å²) < 4.78 is 0. The van der Waals surface area contributed by atoms with E-state index in [2.05, 4.69) is 22.5 Å². The van der Waals surface area contributed by atoms with Gasteiger partial charge in [-0.3, -0.25) is 14.9 Å². The van der Waals surface area contributed by atoms with Crippen molar-refractivity contribution in [3.63, 3.8) is 0 Å². The molecule has 6 nitrogen and oxygen atoms in total. The fourth-order valence-electron chi connectivity index (χ4n) is 2.29. The molecule has 1 saturated carbocycles. The first-order valence-electron chi connectivity index (χ1n) is 8.00. The van der Waals surface area contributed by atoms with Crippen molar-refractivity contribution in [2.24, 2.45) is 0 Å². The zero-order valence-corrected chi connectivity index (χ0v) is 13.5. The number of hydrogen-bond acceptors (Lipinski definition) is 4. The molecule has 1 aliphatic carbocycles. The van der Waals surface area contributed by atoms with E-state index >= 15 is 0 Å². The maximum Gasteiger partial charge on any atom is 0.293 e. The van der Waals surface area contributed by atoms with Gasteiger partial charge in [0.25, 0.3) is 11.6 Å². The van der Waals surface area contributed by atoms with Gasteiger partial charge in [-0.2, -0.15) is 0 Å². The number of nitrogens with zero attached hydrogens (tertiary/aromatic N) is 1. The van der Waals surface area contributed by atoms with E-state index in [1.807, 2.05) is 30.3 Å². The Balaban J connectivity index is 1.64. The lowest BCUT2D eigenvalue weighted by atomic mass is 10.1. The minimum atomic E-state index is -0.475. The number of hydrogen-bond donors (Lipinski definition) is 2. The number of carbonyl (C=O) groups is 1. The maximum absolute atomic E-state index is 12.2. The van der Waals surface area contributed by atoms with Crippen molar-refractivity contribution >= 4 is 17.3 Å². The zero-order valence-electron chi connectivity index (χ0n) is 13.5. The fourth-order valence-corrected chi connectivity index (χ4v) is 2.29. The molecule has 25 heavy (non-hydrogen) atoms. The van der Waals surface area contributed by atoms with Crippen LogP contribution in [0.15, 0.2) is 48.5 Å². The van der Waals surface area contributed by atoms with Crippen LogP contribution >= 0.6 is 0 Å². The van der Waals surface area contributed by atoms with E-state index in [9.17, 15) is 14.9 Å². The van der Waals surface area contributed by atoms with Crippen molar-refractivity contribution in [2.45, 2.75) is 18.9 Å². The molecule has 0 spiro atoms. The van der Waals surface area contributed by atoms with Gasteiger partial charge in [0.05, 0.1) is 11.5 Å². The Kier molecular flexibility index (Phi) is 4.95. The van der Waals surface area contributed by atoms with Crippen molar-refractivity contribution in [3.8, 4) is 11.8 Å². The van der Waals surface area contributed by atoms with Gasteiger partial charge in [0.2, 0.25) is 0 Å². The topological polar surface area (TPSA) is 84.3 Å². The van der Waals surface area contributed by atoms with Crippen LogP contribution in [0.25, 0.3) is 0 Å². The number of rotatable bonds is 5. The van der Waals surface area contributed by atoms with E-state index < -0.39 is 4.92 Å². The highest BCUT2D eigenvalue weighted by Crippen LogP contribution is 2.31. The molecular formula is C19H17N3O3. The Morgan fingerprint density at radius 1 is 1.20 bits per heavy atom. The summed E-state index contributed by atoms with van der Waals surface area (Å²) in [6.07, 6.45) is 2.03. The molecule has 1 fully saturated rings. The molecule has 2 N–H and O–H groups in total. The van der Waals surface area contributed by atoms with Crippen LogP contribution in [0.1, 0.15) is 28.8 Å². The van der Waals surface area contributed by atoms with Crippen LogP contribution in [0, 0.1) is 22.0 Å². The highest BCUT2D eigenvalue weighted by Gasteiger charge is 2.25. The van der Waals surface area contributed by atoms with Gasteiger partial charge in [0, 0.05) is 23.2 Å². The molecular weight excluding hydrogens is 318 g/mol. The van der Waals surface area contributed by atoms with E-state index in [0.29, 0.717) is 11.7 Å². The molecule has 0 unspecified atom stereocenters. The normalized spacial score (nSPS) is 12.6. The van der Waals surface area contributed by atoms with Crippen LogP contribution in [-0.4, -0.2) is 23.4 Å². The molecule has 2 aromatic rings. The van der Waals surface area contributed by atoms with Gasteiger partial charge < -0.3 is 10.6 Å². The van der Waals surface area contributed by atoms with E-state index in [1.54, 1.807) is 12.1 Å². The summed E-state index contributed by atoms with van der Waals surface area (Å²) >= 11 is 0. The predicted octanol–water partition coefficient (Wildman–Crippen LogP) is 2.95. The number of nitro benzene ring substituents is 1. The van der Waals surface area contributed by atoms with Crippen molar-refractivity contribution in [1.82, 2.24) is 5.32 Å². The molecule has 0 saturated heterocycles. The van der Waals surface area contributed by atoms with Crippen LogP contribution in [0.5, 0.6) is 0 Å². The lowest BCUT2D eigenvalue weighted by molar-refractivity contribution is -0.384. The van der Waals surface area contributed by atoms with E-state index in [1.165, 1.54) is 6.07 Å². The number of carbonyl (C=O) groups excluding carboxylic acids is 1. The van der Waals surface area contributed by atoms with Gasteiger partial charge >= 0.3 is 0 Å². The molecule has 0 aromatic heterocycles. The number of amides is 1. The number of nitro groups is 1. The molecule has 0 aliphatic heterocycles. The van der Waals surface area contributed by atoms with Crippen molar-refractivity contribution in [1.29, 1.82) is 0 Å². The molecule has 1 amide bonds. The van der Waals surface area contributed by atoms with Gasteiger partial charge in [-0.1, -0.05) is 30.0 Å². The third-order valence-corrected chi connectivity index (χ3v) is 3.74. The lowest BCUT2D eigenvalue weighted by Gasteiger charge is -2.07. The summed E-state index contributed by atoms with van der Waals surface area (Å²) in [5.41, 5.74) is 1.47. The third kappa shape index (κ3) is 4.58. The summed E-state index contributed by atoms with van der Waals surface area (Å²) in [5, 5.41) is 17.0. The second-order valence-corrected chi connectivity index (χ2v) is 5.76. The Morgan fingerprint density at radius 2 is 1.96 bits per heavy atom. The van der Waals surface area contributed by atoms with Crippen LogP contribution in [0.4, 0.5) is 11.4 Å². The monoisotopic (exact) mass is 335 g/mol. The smallest absolute Gasteiger partial charge is 0.293 e. The molecule has 6 heteroatoms. The minimum Gasteiger partial charge on any atom is -0.377 e. The van der Waals surface area contributed by atoms with Gasteiger partial charge in [0.1, 0.15) is 5.69 Å². The first kappa shape index (κ1) is 16.5. The van der Waals surface area contributed by atoms with Gasteiger partial charge in [0.15, 0.2) is 0 Å². The molecule has 0 bridgehead atoms. The van der Waals surface area contributed by atoms with Crippen LogP contribution < -0.4 is 10.6 Å². The Labute approximate surface area is 145 Å². The molecule has 2 aromatic carbocycles. The van der Waals surface area contributed by atoms with Crippen LogP contribution in [0.2, 0.25) is 0 Å². The lowest BCUT2D eigenvalue weighted by Crippen LogP contribution is -2.23. The Bertz CT molecular complexity index is 849. The van der Waals surface area contributed by atoms with Crippen molar-refractivity contribution in [3.05, 3.63) is 69.8 Å². The number of benzene rings is 2. The van der Waals surface area contributed by atoms with Crippen molar-refractivity contribution in [2.75, 3.05) is 11.9 Å². The molecule has 126 valence electrons. The number of nitrogens with one attached hydrogen (secondary N) is 2. The van der Waals surface area contributed by atoms with Gasteiger partial charge in [-0.25, -0.2) is 0 Å². The molecule has 0 radical (unpaired) electrons. The third-order valence-electron chi connectivity index (χ3n) is 3.74. The molecule has 3 rings (SSSR count). The summed E-state index contributed by atoms with van der Waals surface area (Å²) in [4.78, 5) is 22.9. The SMILES string of the molecule is O=C(NCC#Cc1ccccc1)c1ccc(NC2CC2)c([N+](=O)[O-])c1. The second-order valence-electron chi connectivity index (χ2n) is 5.76. The van der Waals surface area contributed by atoms with Crippen LogP contribution in [0.3, 0.4) is 0 Å². The van der Waals surface area contributed by atoms with E-state index in [0.717, 1.165) is 18.4 Å². The highest BCUT2D eigenvalue weighted by molar-refractivity contribution is 5.95. The summed E-state index contributed by atoms with van der Waals surface area (Å²) in [6.45, 7) is 0.170. The average molecular weight is 335 g/mol. The quantitative estimate of drug-likeness (QED) is 0.500. The van der Waals surface area contributed by atoms with Crippen molar-refractivity contribution < 1.29 is 9.72 Å². The number of anilines is 1. The first-order valence-corrected chi connectivity index (χ1v) is 8.00. The van der Waals surface area contributed by atoms with E-state index in [-0.39, 0.29) is 23.7 Å². The Hall–Kier alpha value is -3.33. The predicted molar refractivity (Wildman–Crippen MR) is 95.4 cm³/mol. The van der Waals surface area contributed by atoms with Crippen LogP contribution in [-0.2, 0) is 0 Å². The fraction of sp³-hybridized carbons (Fsp3) is 0.211. The van der Waals surface area contributed by atoms with Gasteiger partial charge in [-0.05, 0) is 37.1 Å². The maximum atomic E-state index is 12.2. The first-order chi connectivity index (χ1) is 12.1. The standard InChI is InChI=1S/C19H17N3O3/c23-19(20-12-4-7-14-5-2-1-3-6-14)15-8-11-17(21-16-9-10-16)18(13-15)22(24)25/h1-3,5-6,8,11,13,16,21H,9-10,12H2,(H,20,23). The van der Waals surface area contributed by atoms with E-state index in [4.69, 9.17) is 0 Å².